The molecule has 2 unspecified atom stereocenters. The highest BCUT2D eigenvalue weighted by Gasteiger charge is 2.22. The maximum absolute atomic E-state index is 3.65. The third-order valence-corrected chi connectivity index (χ3v) is 3.06. The highest BCUT2D eigenvalue weighted by Crippen LogP contribution is 2.14. The van der Waals surface area contributed by atoms with Crippen LogP contribution in [0, 0.1) is 5.92 Å². The summed E-state index contributed by atoms with van der Waals surface area (Å²) < 4.78 is 0. The Morgan fingerprint density at radius 2 is 2.29 bits per heavy atom. The molecular weight excluding hydrogens is 172 g/mol. The van der Waals surface area contributed by atoms with Crippen molar-refractivity contribution in [2.45, 2.75) is 32.7 Å². The van der Waals surface area contributed by atoms with E-state index < -0.39 is 0 Å². The van der Waals surface area contributed by atoms with Gasteiger partial charge in [0, 0.05) is 12.6 Å². The molecule has 0 aromatic rings. The Balaban J connectivity index is 2.17. The van der Waals surface area contributed by atoms with Gasteiger partial charge in [0.15, 0.2) is 0 Å². The van der Waals surface area contributed by atoms with E-state index in [9.17, 15) is 0 Å². The number of likely N-dealkylation sites (tertiary alicyclic amines) is 1. The van der Waals surface area contributed by atoms with Gasteiger partial charge in [-0.3, -0.25) is 0 Å². The quantitative estimate of drug-likeness (QED) is 0.545. The number of hydrogen-bond donors (Lipinski definition) is 1. The largest absolute Gasteiger partial charge is 0.313 e. The van der Waals surface area contributed by atoms with Crippen LogP contribution in [0.2, 0.25) is 0 Å². The maximum Gasteiger partial charge on any atom is 0.0117 e. The predicted molar refractivity (Wildman–Crippen MR) is 62.5 cm³/mol. The van der Waals surface area contributed by atoms with Crippen LogP contribution < -0.4 is 5.32 Å². The molecule has 1 fully saturated rings. The summed E-state index contributed by atoms with van der Waals surface area (Å²) in [5, 5.41) is 3.65. The van der Waals surface area contributed by atoms with Crippen molar-refractivity contribution in [1.29, 1.82) is 0 Å². The molecule has 0 spiro atoms. The molecule has 0 saturated carbocycles. The molecule has 2 heteroatoms. The van der Waals surface area contributed by atoms with Gasteiger partial charge in [0.1, 0.15) is 0 Å². The minimum Gasteiger partial charge on any atom is -0.313 e. The summed E-state index contributed by atoms with van der Waals surface area (Å²) >= 11 is 0. The number of rotatable bonds is 4. The van der Waals surface area contributed by atoms with Gasteiger partial charge < -0.3 is 10.2 Å². The third kappa shape index (κ3) is 3.81. The Hall–Kier alpha value is -0.340. The first-order chi connectivity index (χ1) is 6.74. The average Bonchev–Trinajstić information content (AvgIpc) is 2.15. The minimum absolute atomic E-state index is 0.733. The lowest BCUT2D eigenvalue weighted by Gasteiger charge is -2.35. The van der Waals surface area contributed by atoms with Crippen LogP contribution in [0.4, 0.5) is 0 Å². The second-order valence-electron chi connectivity index (χ2n) is 4.45. The number of nitrogens with one attached hydrogen (secondary N) is 1. The van der Waals surface area contributed by atoms with Crippen LogP contribution in [0.3, 0.4) is 0 Å². The molecule has 14 heavy (non-hydrogen) atoms. The fourth-order valence-electron chi connectivity index (χ4n) is 2.18. The van der Waals surface area contributed by atoms with Gasteiger partial charge in [-0.05, 0) is 45.8 Å². The van der Waals surface area contributed by atoms with E-state index in [2.05, 4.69) is 43.3 Å². The number of piperidine rings is 1. The molecule has 0 amide bonds. The molecule has 1 rings (SSSR count). The molecule has 0 radical (unpaired) electrons. The Kier molecular flexibility index (Phi) is 5.20. The molecule has 2 nitrogen and oxygen atoms in total. The van der Waals surface area contributed by atoms with Crippen molar-refractivity contribution in [2.24, 2.45) is 5.92 Å². The normalized spacial score (nSPS) is 29.9. The second kappa shape index (κ2) is 6.20. The standard InChI is InChI=1S/C12H24N2/c1-4-5-6-8-13-12-7-9-14(3)10-11(12)2/h4-5,11-13H,6-10H2,1-3H3/b5-4+. The van der Waals surface area contributed by atoms with E-state index in [1.807, 2.05) is 0 Å². The van der Waals surface area contributed by atoms with E-state index in [-0.39, 0.29) is 0 Å². The first kappa shape index (κ1) is 11.7. The van der Waals surface area contributed by atoms with Crippen molar-refractivity contribution >= 4 is 0 Å². The van der Waals surface area contributed by atoms with Crippen LogP contribution in [0.25, 0.3) is 0 Å². The number of nitrogens with zero attached hydrogens (tertiary/aromatic N) is 1. The van der Waals surface area contributed by atoms with E-state index in [0.717, 1.165) is 24.9 Å². The van der Waals surface area contributed by atoms with Crippen molar-refractivity contribution in [2.75, 3.05) is 26.7 Å². The van der Waals surface area contributed by atoms with Gasteiger partial charge in [-0.1, -0.05) is 19.1 Å². The molecule has 1 aliphatic rings. The topological polar surface area (TPSA) is 15.3 Å². The van der Waals surface area contributed by atoms with Crippen molar-refractivity contribution in [3.05, 3.63) is 12.2 Å². The monoisotopic (exact) mass is 196 g/mol. The van der Waals surface area contributed by atoms with Gasteiger partial charge in [0.2, 0.25) is 0 Å². The van der Waals surface area contributed by atoms with Crippen LogP contribution in [-0.2, 0) is 0 Å². The van der Waals surface area contributed by atoms with Gasteiger partial charge in [0.05, 0.1) is 0 Å². The lowest BCUT2D eigenvalue weighted by atomic mass is 9.94. The SMILES string of the molecule is C/C=C/CCNC1CCN(C)CC1C. The van der Waals surface area contributed by atoms with Gasteiger partial charge in [-0.15, -0.1) is 0 Å². The van der Waals surface area contributed by atoms with Crippen molar-refractivity contribution in [3.63, 3.8) is 0 Å². The molecule has 1 saturated heterocycles. The van der Waals surface area contributed by atoms with Crippen molar-refractivity contribution in [1.82, 2.24) is 10.2 Å². The molecule has 1 heterocycles. The van der Waals surface area contributed by atoms with Crippen molar-refractivity contribution < 1.29 is 0 Å². The zero-order valence-corrected chi connectivity index (χ0v) is 9.79. The molecule has 1 aliphatic heterocycles. The first-order valence-corrected chi connectivity index (χ1v) is 5.77. The Morgan fingerprint density at radius 3 is 2.93 bits per heavy atom. The molecule has 0 bridgehead atoms. The maximum atomic E-state index is 3.65. The van der Waals surface area contributed by atoms with Crippen LogP contribution >= 0.6 is 0 Å². The summed E-state index contributed by atoms with van der Waals surface area (Å²) in [6, 6.07) is 0.733. The van der Waals surface area contributed by atoms with E-state index in [0.29, 0.717) is 0 Å². The highest BCUT2D eigenvalue weighted by molar-refractivity contribution is 4.83. The Morgan fingerprint density at radius 1 is 1.50 bits per heavy atom. The van der Waals surface area contributed by atoms with Gasteiger partial charge in [-0.25, -0.2) is 0 Å². The van der Waals surface area contributed by atoms with Crippen molar-refractivity contribution in [3.8, 4) is 0 Å². The third-order valence-electron chi connectivity index (χ3n) is 3.06. The van der Waals surface area contributed by atoms with Gasteiger partial charge in [0.25, 0.3) is 0 Å². The molecule has 0 aromatic carbocycles. The highest BCUT2D eigenvalue weighted by atomic mass is 15.1. The molecule has 82 valence electrons. The van der Waals surface area contributed by atoms with E-state index >= 15 is 0 Å². The molecule has 2 atom stereocenters. The fourth-order valence-corrected chi connectivity index (χ4v) is 2.18. The second-order valence-corrected chi connectivity index (χ2v) is 4.45. The fraction of sp³-hybridized carbons (Fsp3) is 0.833. The molecular formula is C12H24N2. The lowest BCUT2D eigenvalue weighted by Crippen LogP contribution is -2.47. The van der Waals surface area contributed by atoms with Gasteiger partial charge >= 0.3 is 0 Å². The summed E-state index contributed by atoms with van der Waals surface area (Å²) in [6.07, 6.45) is 6.81. The molecule has 0 aliphatic carbocycles. The predicted octanol–water partition coefficient (Wildman–Crippen LogP) is 1.88. The van der Waals surface area contributed by atoms with Crippen LogP contribution in [-0.4, -0.2) is 37.6 Å². The summed E-state index contributed by atoms with van der Waals surface area (Å²) in [5.74, 6) is 0.791. The van der Waals surface area contributed by atoms with Crippen LogP contribution in [0.1, 0.15) is 26.7 Å². The Bertz CT molecular complexity index is 177. The number of hydrogen-bond acceptors (Lipinski definition) is 2. The number of allylic oxidation sites excluding steroid dienone is 1. The summed E-state index contributed by atoms with van der Waals surface area (Å²) in [5.41, 5.74) is 0. The minimum atomic E-state index is 0.733. The van der Waals surface area contributed by atoms with E-state index in [1.165, 1.54) is 19.5 Å². The zero-order chi connectivity index (χ0) is 10.4. The average molecular weight is 196 g/mol. The summed E-state index contributed by atoms with van der Waals surface area (Å²) in [4.78, 5) is 2.43. The molecule has 1 N–H and O–H groups in total. The van der Waals surface area contributed by atoms with Crippen LogP contribution in [0.5, 0.6) is 0 Å². The first-order valence-electron chi connectivity index (χ1n) is 5.77. The van der Waals surface area contributed by atoms with E-state index in [4.69, 9.17) is 0 Å². The molecule has 0 aromatic heterocycles. The van der Waals surface area contributed by atoms with E-state index in [1.54, 1.807) is 0 Å². The zero-order valence-electron chi connectivity index (χ0n) is 9.79. The smallest absolute Gasteiger partial charge is 0.0117 e. The summed E-state index contributed by atoms with van der Waals surface area (Å²) in [6.45, 7) is 8.04. The van der Waals surface area contributed by atoms with Crippen LogP contribution in [0.15, 0.2) is 12.2 Å². The Labute approximate surface area is 88.4 Å². The lowest BCUT2D eigenvalue weighted by molar-refractivity contribution is 0.176. The van der Waals surface area contributed by atoms with Gasteiger partial charge in [-0.2, -0.15) is 0 Å². The summed E-state index contributed by atoms with van der Waals surface area (Å²) in [7, 11) is 2.21.